The number of carbonyl (C=O) groups is 2. The quantitative estimate of drug-likeness (QED) is 0.677. The fraction of sp³-hybridized carbons (Fsp3) is 0.579. The smallest absolute Gasteiger partial charge is 0.148 e. The van der Waals surface area contributed by atoms with Crippen LogP contribution in [0.3, 0.4) is 0 Å². The van der Waals surface area contributed by atoms with Crippen LogP contribution >= 0.6 is 0 Å². The predicted octanol–water partition coefficient (Wildman–Crippen LogP) is 2.56. The number of hydrogen-bond donors (Lipinski definition) is 1. The molecule has 1 saturated heterocycles. The van der Waals surface area contributed by atoms with Crippen LogP contribution < -0.4 is 10.7 Å². The van der Waals surface area contributed by atoms with Crippen LogP contribution in [0.5, 0.6) is 5.75 Å². The van der Waals surface area contributed by atoms with Crippen molar-refractivity contribution in [2.45, 2.75) is 44.9 Å². The number of rotatable bonds is 4. The van der Waals surface area contributed by atoms with Gasteiger partial charge in [0.15, 0.2) is 0 Å². The number of ketones is 2. The molecule has 2 aliphatic rings. The van der Waals surface area contributed by atoms with E-state index in [1.165, 1.54) is 0 Å². The summed E-state index contributed by atoms with van der Waals surface area (Å²) in [6.45, 7) is 3.50. The van der Waals surface area contributed by atoms with Crippen LogP contribution in [0, 0.1) is 11.8 Å². The molecule has 2 fully saturated rings. The van der Waals surface area contributed by atoms with Crippen molar-refractivity contribution in [3.8, 4) is 5.75 Å². The summed E-state index contributed by atoms with van der Waals surface area (Å²) in [6, 6.07) is 5.40. The molecular formula is C19H25NO4. The molecule has 1 saturated carbocycles. The molecule has 0 amide bonds. The maximum atomic E-state index is 12.8. The molecule has 1 aromatic carbocycles. The molecule has 24 heavy (non-hydrogen) atoms. The number of carbonyl (C=O) groups excluding carboxylic acids is 2. The van der Waals surface area contributed by atoms with Gasteiger partial charge in [-0.05, 0) is 54.4 Å². The minimum atomic E-state index is -0.661. The Morgan fingerprint density at radius 1 is 1.12 bits per heavy atom. The molecule has 0 aromatic heterocycles. The SMILES string of the molecule is CCc1ccc(ON)cc1C1C(=O)CC(C2CCOCC2)CC1=O. The number of hydrogen-bond acceptors (Lipinski definition) is 5. The van der Waals surface area contributed by atoms with Gasteiger partial charge in [0.2, 0.25) is 0 Å². The van der Waals surface area contributed by atoms with Gasteiger partial charge in [0.05, 0.1) is 0 Å². The van der Waals surface area contributed by atoms with Gasteiger partial charge in [0.25, 0.3) is 0 Å². The minimum Gasteiger partial charge on any atom is -0.412 e. The van der Waals surface area contributed by atoms with Crippen molar-refractivity contribution in [3.63, 3.8) is 0 Å². The number of Topliss-reactive ketones (excluding diaryl/α,β-unsaturated/α-hetero) is 2. The highest BCUT2D eigenvalue weighted by Gasteiger charge is 2.40. The lowest BCUT2D eigenvalue weighted by Crippen LogP contribution is -2.37. The van der Waals surface area contributed by atoms with Gasteiger partial charge in [-0.3, -0.25) is 9.59 Å². The van der Waals surface area contributed by atoms with E-state index >= 15 is 0 Å². The third-order valence-corrected chi connectivity index (χ3v) is 5.45. The third-order valence-electron chi connectivity index (χ3n) is 5.45. The number of ether oxygens (including phenoxy) is 1. The molecule has 1 heterocycles. The third kappa shape index (κ3) is 3.37. The van der Waals surface area contributed by atoms with Crippen LogP contribution in [0.25, 0.3) is 0 Å². The van der Waals surface area contributed by atoms with E-state index in [2.05, 4.69) is 0 Å². The van der Waals surface area contributed by atoms with Crippen molar-refractivity contribution >= 4 is 11.6 Å². The second-order valence-electron chi connectivity index (χ2n) is 6.82. The van der Waals surface area contributed by atoms with E-state index in [1.807, 2.05) is 13.0 Å². The van der Waals surface area contributed by atoms with Crippen molar-refractivity contribution in [1.82, 2.24) is 0 Å². The Bertz CT molecular complexity index is 604. The molecule has 5 nitrogen and oxygen atoms in total. The molecule has 3 rings (SSSR count). The zero-order valence-electron chi connectivity index (χ0n) is 14.1. The van der Waals surface area contributed by atoms with Crippen molar-refractivity contribution in [2.75, 3.05) is 13.2 Å². The number of nitrogens with two attached hydrogens (primary N) is 1. The fourth-order valence-electron chi connectivity index (χ4n) is 4.11. The van der Waals surface area contributed by atoms with Gasteiger partial charge < -0.3 is 9.57 Å². The summed E-state index contributed by atoms with van der Waals surface area (Å²) in [5, 5.41) is 0. The van der Waals surface area contributed by atoms with Gasteiger partial charge in [-0.1, -0.05) is 13.0 Å². The molecule has 0 radical (unpaired) electrons. The van der Waals surface area contributed by atoms with Crippen molar-refractivity contribution in [3.05, 3.63) is 29.3 Å². The Kier molecular flexibility index (Phi) is 5.31. The molecular weight excluding hydrogens is 306 g/mol. The van der Waals surface area contributed by atoms with Crippen molar-refractivity contribution in [2.24, 2.45) is 17.7 Å². The van der Waals surface area contributed by atoms with Gasteiger partial charge in [0.1, 0.15) is 23.2 Å². The molecule has 0 bridgehead atoms. The normalized spacial score (nSPS) is 25.8. The topological polar surface area (TPSA) is 78.6 Å². The average Bonchev–Trinajstić information content (AvgIpc) is 2.61. The Hall–Kier alpha value is -1.72. The van der Waals surface area contributed by atoms with E-state index in [-0.39, 0.29) is 17.5 Å². The summed E-state index contributed by atoms with van der Waals surface area (Å²) in [5.74, 6) is 5.73. The standard InChI is InChI=1S/C19H25NO4/c1-2-12-3-4-15(24-20)11-16(12)19-17(21)9-14(10-18(19)22)13-5-7-23-8-6-13/h3-4,11,13-14,19H,2,5-10,20H2,1H3. The lowest BCUT2D eigenvalue weighted by atomic mass is 9.70. The second kappa shape index (κ2) is 7.45. The predicted molar refractivity (Wildman–Crippen MR) is 89.7 cm³/mol. The zero-order chi connectivity index (χ0) is 17.1. The molecule has 2 N–H and O–H groups in total. The van der Waals surface area contributed by atoms with Gasteiger partial charge in [-0.15, -0.1) is 0 Å². The first-order chi connectivity index (χ1) is 11.6. The van der Waals surface area contributed by atoms with E-state index < -0.39 is 5.92 Å². The van der Waals surface area contributed by atoms with E-state index in [9.17, 15) is 9.59 Å². The molecule has 1 aliphatic carbocycles. The molecule has 5 heteroatoms. The fourth-order valence-corrected chi connectivity index (χ4v) is 4.11. The van der Waals surface area contributed by atoms with E-state index in [1.54, 1.807) is 12.1 Å². The highest BCUT2D eigenvalue weighted by atomic mass is 16.6. The van der Waals surface area contributed by atoms with Crippen molar-refractivity contribution < 1.29 is 19.2 Å². The van der Waals surface area contributed by atoms with Crippen LogP contribution in [-0.4, -0.2) is 24.8 Å². The van der Waals surface area contributed by atoms with Crippen LogP contribution in [0.4, 0.5) is 0 Å². The molecule has 1 aliphatic heterocycles. The number of benzene rings is 1. The minimum absolute atomic E-state index is 0.0339. The lowest BCUT2D eigenvalue weighted by molar-refractivity contribution is -0.135. The first-order valence-electron chi connectivity index (χ1n) is 8.76. The summed E-state index contributed by atoms with van der Waals surface area (Å²) in [4.78, 5) is 30.4. The molecule has 0 atom stereocenters. The maximum absolute atomic E-state index is 12.8. The van der Waals surface area contributed by atoms with E-state index in [4.69, 9.17) is 15.5 Å². The molecule has 1 aromatic rings. The highest BCUT2D eigenvalue weighted by Crippen LogP contribution is 2.39. The van der Waals surface area contributed by atoms with Gasteiger partial charge in [-0.2, -0.15) is 5.90 Å². The first kappa shape index (κ1) is 17.1. The van der Waals surface area contributed by atoms with Crippen LogP contribution in [0.15, 0.2) is 18.2 Å². The van der Waals surface area contributed by atoms with Gasteiger partial charge in [-0.25, -0.2) is 0 Å². The Morgan fingerprint density at radius 2 is 1.79 bits per heavy atom. The molecule has 130 valence electrons. The van der Waals surface area contributed by atoms with Crippen LogP contribution in [0.1, 0.15) is 49.7 Å². The monoisotopic (exact) mass is 331 g/mol. The maximum Gasteiger partial charge on any atom is 0.148 e. The molecule has 0 unspecified atom stereocenters. The van der Waals surface area contributed by atoms with E-state index in [0.717, 1.165) is 43.6 Å². The van der Waals surface area contributed by atoms with Crippen LogP contribution in [0.2, 0.25) is 0 Å². The largest absolute Gasteiger partial charge is 0.412 e. The molecule has 0 spiro atoms. The van der Waals surface area contributed by atoms with Gasteiger partial charge in [0, 0.05) is 26.1 Å². The van der Waals surface area contributed by atoms with Crippen molar-refractivity contribution in [1.29, 1.82) is 0 Å². The highest BCUT2D eigenvalue weighted by molar-refractivity contribution is 6.10. The Labute approximate surface area is 142 Å². The zero-order valence-corrected chi connectivity index (χ0v) is 14.1. The lowest BCUT2D eigenvalue weighted by Gasteiger charge is -2.34. The second-order valence-corrected chi connectivity index (χ2v) is 6.82. The summed E-state index contributed by atoms with van der Waals surface area (Å²) >= 11 is 0. The van der Waals surface area contributed by atoms with Crippen LogP contribution in [-0.2, 0) is 20.7 Å². The van der Waals surface area contributed by atoms with E-state index in [0.29, 0.717) is 24.5 Å². The summed E-state index contributed by atoms with van der Waals surface area (Å²) in [6.07, 6.45) is 3.63. The Balaban J connectivity index is 1.83. The summed E-state index contributed by atoms with van der Waals surface area (Å²) in [7, 11) is 0. The van der Waals surface area contributed by atoms with Gasteiger partial charge >= 0.3 is 0 Å². The number of aryl methyl sites for hydroxylation is 1. The summed E-state index contributed by atoms with van der Waals surface area (Å²) in [5.41, 5.74) is 1.77. The average molecular weight is 331 g/mol. The summed E-state index contributed by atoms with van der Waals surface area (Å²) < 4.78 is 5.39. The first-order valence-corrected chi connectivity index (χ1v) is 8.76. The Morgan fingerprint density at radius 3 is 2.38 bits per heavy atom.